The first-order chi connectivity index (χ1) is 19.1. The maximum absolute atomic E-state index is 14.7. The van der Waals surface area contributed by atoms with Crippen LogP contribution in [-0.4, -0.2) is 23.9 Å². The summed E-state index contributed by atoms with van der Waals surface area (Å²) in [5.41, 5.74) is 8.30. The van der Waals surface area contributed by atoms with E-state index < -0.39 is 5.97 Å². The van der Waals surface area contributed by atoms with E-state index in [2.05, 4.69) is 39.5 Å². The number of aliphatic carboxylic acids is 1. The standard InChI is InChI=1S/C33H37FNO3PS/c1-20-26(19-31(36)37)27(21-11-14-33(2,3)15-12-21)18-29-25-10-5-22(34)17-28(25)30(35(40-4)32(20)29)13-16-38-23-6-8-24(39)9-7-23/h5-11,17-18,30H,12-16,19,39H2,1-4H3,(H,36,37)/t30-/m0/s1. The van der Waals surface area contributed by atoms with E-state index in [0.717, 1.165) is 69.4 Å². The summed E-state index contributed by atoms with van der Waals surface area (Å²) in [6, 6.07) is 15.0. The topological polar surface area (TPSA) is 49.8 Å². The molecule has 3 aromatic rings. The molecule has 0 saturated carbocycles. The largest absolute Gasteiger partial charge is 0.494 e. The van der Waals surface area contributed by atoms with Gasteiger partial charge in [0.25, 0.3) is 0 Å². The van der Waals surface area contributed by atoms with Crippen LogP contribution in [-0.2, 0) is 11.2 Å². The van der Waals surface area contributed by atoms with Gasteiger partial charge in [-0.1, -0.05) is 50.1 Å². The van der Waals surface area contributed by atoms with E-state index in [9.17, 15) is 14.3 Å². The highest BCUT2D eigenvalue weighted by Gasteiger charge is 2.35. The zero-order valence-corrected chi connectivity index (χ0v) is 25.6. The Kier molecular flexibility index (Phi) is 8.31. The lowest BCUT2D eigenvalue weighted by Crippen LogP contribution is -2.29. The first kappa shape index (κ1) is 28.7. The Balaban J connectivity index is 1.60. The minimum Gasteiger partial charge on any atom is -0.494 e. The van der Waals surface area contributed by atoms with Crippen LogP contribution in [0, 0.1) is 18.2 Å². The van der Waals surface area contributed by atoms with Crippen molar-refractivity contribution in [2.24, 2.45) is 5.41 Å². The second-order valence-corrected chi connectivity index (χ2v) is 13.0. The molecule has 0 saturated heterocycles. The van der Waals surface area contributed by atoms with Gasteiger partial charge in [0.1, 0.15) is 11.6 Å². The van der Waals surface area contributed by atoms with Crippen molar-refractivity contribution in [3.63, 3.8) is 0 Å². The summed E-state index contributed by atoms with van der Waals surface area (Å²) in [5, 5.41) is 11.0. The molecule has 1 aliphatic carbocycles. The van der Waals surface area contributed by atoms with E-state index in [4.69, 9.17) is 4.74 Å². The minimum atomic E-state index is -0.837. The number of rotatable bonds is 8. The smallest absolute Gasteiger partial charge is 0.307 e. The van der Waals surface area contributed by atoms with Gasteiger partial charge in [-0.3, -0.25) is 4.79 Å². The Bertz CT molecular complexity index is 1470. The number of allylic oxidation sites excluding steroid dienone is 2. The van der Waals surface area contributed by atoms with Crippen molar-refractivity contribution in [2.45, 2.75) is 58.9 Å². The summed E-state index contributed by atoms with van der Waals surface area (Å²) in [4.78, 5) is 12.1. The lowest BCUT2D eigenvalue weighted by molar-refractivity contribution is -0.136. The van der Waals surface area contributed by atoms with Crippen LogP contribution in [0.1, 0.15) is 67.8 Å². The molecule has 0 radical (unpaired) electrons. The Morgan fingerprint density at radius 3 is 2.55 bits per heavy atom. The van der Waals surface area contributed by atoms with E-state index >= 15 is 0 Å². The van der Waals surface area contributed by atoms with Gasteiger partial charge < -0.3 is 14.1 Å². The highest BCUT2D eigenvalue weighted by Crippen LogP contribution is 2.53. The summed E-state index contributed by atoms with van der Waals surface area (Å²) >= 11 is 1.59. The summed E-state index contributed by atoms with van der Waals surface area (Å²) in [7, 11) is 2.67. The fourth-order valence-corrected chi connectivity index (χ4v) is 7.09. The van der Waals surface area contributed by atoms with Crippen molar-refractivity contribution in [3.05, 3.63) is 82.7 Å². The molecule has 0 spiro atoms. The van der Waals surface area contributed by atoms with Gasteiger partial charge in [-0.25, -0.2) is 4.39 Å². The molecule has 1 unspecified atom stereocenters. The third-order valence-corrected chi connectivity index (χ3v) is 9.44. The van der Waals surface area contributed by atoms with Gasteiger partial charge >= 0.3 is 5.97 Å². The molecule has 3 aromatic carbocycles. The number of carboxylic acids is 1. The second kappa shape index (κ2) is 11.6. The fourth-order valence-electron chi connectivity index (χ4n) is 6.00. The zero-order valence-electron chi connectivity index (χ0n) is 23.6. The molecular formula is C33H37FNO3PS. The van der Waals surface area contributed by atoms with Gasteiger partial charge in [-0.15, -0.1) is 9.24 Å². The SMILES string of the molecule is CSN1c2c(cc(C3=CCC(C)(C)CC3)c(CC(=O)O)c2C)-c2ccc(F)cc2[C@@H]1CCOc1ccc(P)cc1. The molecule has 0 amide bonds. The maximum Gasteiger partial charge on any atom is 0.307 e. The molecule has 1 heterocycles. The highest BCUT2D eigenvalue weighted by atomic mass is 32.2. The number of anilines is 1. The van der Waals surface area contributed by atoms with Crippen molar-refractivity contribution in [1.82, 2.24) is 0 Å². The number of halogens is 1. The molecule has 0 fully saturated rings. The molecule has 0 bridgehead atoms. The fraction of sp³-hybridized carbons (Fsp3) is 0.364. The van der Waals surface area contributed by atoms with Crippen molar-refractivity contribution >= 4 is 43.7 Å². The van der Waals surface area contributed by atoms with Crippen molar-refractivity contribution in [3.8, 4) is 16.9 Å². The Morgan fingerprint density at radius 1 is 1.15 bits per heavy atom. The van der Waals surface area contributed by atoms with Gasteiger partial charge in [0.05, 0.1) is 24.8 Å². The average molecular weight is 578 g/mol. The number of hydrogen-bond donors (Lipinski definition) is 1. The number of ether oxygens (including phenoxy) is 1. The van der Waals surface area contributed by atoms with Crippen molar-refractivity contribution in [2.75, 3.05) is 17.2 Å². The van der Waals surface area contributed by atoms with Crippen molar-refractivity contribution < 1.29 is 19.0 Å². The van der Waals surface area contributed by atoms with E-state index in [1.54, 1.807) is 18.0 Å². The Morgan fingerprint density at radius 2 is 1.90 bits per heavy atom. The van der Waals surface area contributed by atoms with E-state index in [-0.39, 0.29) is 23.7 Å². The number of carbonyl (C=O) groups is 1. The molecule has 2 aliphatic rings. The highest BCUT2D eigenvalue weighted by molar-refractivity contribution is 8.00. The third-order valence-electron chi connectivity index (χ3n) is 8.23. The van der Waals surface area contributed by atoms with E-state index in [1.807, 2.05) is 43.5 Å². The normalized spacial score (nSPS) is 17.6. The number of hydrogen-bond acceptors (Lipinski definition) is 4. The molecule has 2 atom stereocenters. The number of carboxylic acid groups (broad SMARTS) is 1. The van der Waals surface area contributed by atoms with Gasteiger partial charge in [-0.2, -0.15) is 0 Å². The summed E-state index contributed by atoms with van der Waals surface area (Å²) in [5.74, 6) is -0.301. The predicted molar refractivity (Wildman–Crippen MR) is 168 cm³/mol. The Hall–Kier alpha value is -2.82. The lowest BCUT2D eigenvalue weighted by Gasteiger charge is -2.41. The molecule has 0 aromatic heterocycles. The van der Waals surface area contributed by atoms with Crippen LogP contribution in [0.5, 0.6) is 5.75 Å². The maximum atomic E-state index is 14.7. The quantitative estimate of drug-likeness (QED) is 0.216. The predicted octanol–water partition coefficient (Wildman–Crippen LogP) is 8.13. The molecular weight excluding hydrogens is 540 g/mol. The first-order valence-electron chi connectivity index (χ1n) is 13.8. The summed E-state index contributed by atoms with van der Waals surface area (Å²) in [6.45, 7) is 7.06. The van der Waals surface area contributed by atoms with Crippen LogP contribution in [0.2, 0.25) is 0 Å². The van der Waals surface area contributed by atoms with Gasteiger partial charge in [0, 0.05) is 18.2 Å². The number of nitrogens with zero attached hydrogens (tertiary/aromatic N) is 1. The first-order valence-corrected chi connectivity index (χ1v) is 15.5. The van der Waals surface area contributed by atoms with Gasteiger partial charge in [0.15, 0.2) is 0 Å². The Labute approximate surface area is 243 Å². The number of fused-ring (bicyclic) bond motifs is 3. The summed E-state index contributed by atoms with van der Waals surface area (Å²) in [6.07, 6.45) is 7.87. The molecule has 40 heavy (non-hydrogen) atoms. The molecule has 5 rings (SSSR count). The minimum absolute atomic E-state index is 0.0346. The van der Waals surface area contributed by atoms with Crippen molar-refractivity contribution in [1.29, 1.82) is 0 Å². The second-order valence-electron chi connectivity index (χ2n) is 11.6. The molecule has 1 aliphatic heterocycles. The van der Waals surface area contributed by atoms with Crippen LogP contribution >= 0.6 is 21.2 Å². The van der Waals surface area contributed by atoms with Gasteiger partial charge in [0.2, 0.25) is 0 Å². The molecule has 1 N–H and O–H groups in total. The average Bonchev–Trinajstić information content (AvgIpc) is 2.91. The summed E-state index contributed by atoms with van der Waals surface area (Å²) < 4.78 is 23.0. The third kappa shape index (κ3) is 5.80. The van der Waals surface area contributed by atoms with Crippen LogP contribution in [0.15, 0.2) is 54.6 Å². The van der Waals surface area contributed by atoms with E-state index in [0.29, 0.717) is 13.0 Å². The monoisotopic (exact) mass is 577 g/mol. The van der Waals surface area contributed by atoms with Crippen LogP contribution in [0.3, 0.4) is 0 Å². The van der Waals surface area contributed by atoms with Gasteiger partial charge in [-0.05, 0) is 101 Å². The van der Waals surface area contributed by atoms with Crippen LogP contribution in [0.25, 0.3) is 16.7 Å². The number of benzene rings is 3. The van der Waals surface area contributed by atoms with Crippen LogP contribution < -0.4 is 14.3 Å². The zero-order chi connectivity index (χ0) is 28.6. The van der Waals surface area contributed by atoms with Crippen LogP contribution in [0.4, 0.5) is 10.1 Å². The molecule has 4 nitrogen and oxygen atoms in total. The lowest BCUT2D eigenvalue weighted by atomic mass is 9.75. The molecule has 210 valence electrons. The molecule has 7 heteroatoms. The van der Waals surface area contributed by atoms with E-state index in [1.165, 1.54) is 11.6 Å².